The molecule has 3 aliphatic rings. The Balaban J connectivity index is 1.36. The third-order valence-corrected chi connectivity index (χ3v) is 6.05. The molecule has 140 valence electrons. The molecular formula is C20H25ClN2O3. The van der Waals surface area contributed by atoms with Gasteiger partial charge in [-0.15, -0.1) is 0 Å². The minimum absolute atomic E-state index is 0.138. The Kier molecular flexibility index (Phi) is 4.93. The maximum atomic E-state index is 12.8. The van der Waals surface area contributed by atoms with E-state index in [2.05, 4.69) is 0 Å². The number of amides is 2. The number of halogens is 1. The number of rotatable bonds is 3. The SMILES string of the molecule is O=C1CC2(CCN(C(=O)C3CC3)CC2)OCCN1Cc1ccc(Cl)cc1. The second kappa shape index (κ2) is 7.20. The van der Waals surface area contributed by atoms with E-state index in [1.165, 1.54) is 0 Å². The predicted octanol–water partition coefficient (Wildman–Crippen LogP) is 2.86. The average Bonchev–Trinajstić information content (AvgIpc) is 3.48. The van der Waals surface area contributed by atoms with Crippen LogP contribution < -0.4 is 0 Å². The highest BCUT2D eigenvalue weighted by Gasteiger charge is 2.43. The van der Waals surface area contributed by atoms with Crippen LogP contribution in [-0.2, 0) is 20.9 Å². The Morgan fingerprint density at radius 1 is 1.15 bits per heavy atom. The van der Waals surface area contributed by atoms with Gasteiger partial charge >= 0.3 is 0 Å². The van der Waals surface area contributed by atoms with Crippen LogP contribution in [0.3, 0.4) is 0 Å². The summed E-state index contributed by atoms with van der Waals surface area (Å²) >= 11 is 5.94. The summed E-state index contributed by atoms with van der Waals surface area (Å²) in [5.74, 6) is 0.694. The van der Waals surface area contributed by atoms with Crippen LogP contribution in [0.25, 0.3) is 0 Å². The van der Waals surface area contributed by atoms with E-state index in [0.29, 0.717) is 50.1 Å². The van der Waals surface area contributed by atoms with Crippen molar-refractivity contribution in [1.82, 2.24) is 9.80 Å². The summed E-state index contributed by atoms with van der Waals surface area (Å²) in [4.78, 5) is 28.9. The Labute approximate surface area is 159 Å². The fourth-order valence-corrected chi connectivity index (χ4v) is 4.08. The van der Waals surface area contributed by atoms with Crippen LogP contribution in [0.5, 0.6) is 0 Å². The van der Waals surface area contributed by atoms with Crippen LogP contribution in [0, 0.1) is 5.92 Å². The third kappa shape index (κ3) is 3.89. The number of carbonyl (C=O) groups excluding carboxylic acids is 2. The van der Waals surface area contributed by atoms with Gasteiger partial charge in [-0.05, 0) is 43.4 Å². The molecule has 26 heavy (non-hydrogen) atoms. The third-order valence-electron chi connectivity index (χ3n) is 5.80. The van der Waals surface area contributed by atoms with Crippen molar-refractivity contribution >= 4 is 23.4 Å². The van der Waals surface area contributed by atoms with Gasteiger partial charge in [-0.2, -0.15) is 0 Å². The summed E-state index contributed by atoms with van der Waals surface area (Å²) in [5.41, 5.74) is 0.676. The lowest BCUT2D eigenvalue weighted by molar-refractivity contribution is -0.142. The van der Waals surface area contributed by atoms with Crippen LogP contribution in [0.2, 0.25) is 5.02 Å². The quantitative estimate of drug-likeness (QED) is 0.815. The van der Waals surface area contributed by atoms with Crippen molar-refractivity contribution in [2.45, 2.75) is 44.2 Å². The van der Waals surface area contributed by atoms with Crippen molar-refractivity contribution in [3.63, 3.8) is 0 Å². The summed E-state index contributed by atoms with van der Waals surface area (Å²) in [6.45, 7) is 3.16. The lowest BCUT2D eigenvalue weighted by Crippen LogP contribution is -2.49. The maximum absolute atomic E-state index is 12.8. The van der Waals surface area contributed by atoms with E-state index in [1.54, 1.807) is 0 Å². The van der Waals surface area contributed by atoms with Gasteiger partial charge in [-0.1, -0.05) is 23.7 Å². The minimum atomic E-state index is -0.397. The van der Waals surface area contributed by atoms with Crippen LogP contribution in [0.15, 0.2) is 24.3 Å². The van der Waals surface area contributed by atoms with Crippen LogP contribution >= 0.6 is 11.6 Å². The topological polar surface area (TPSA) is 49.9 Å². The van der Waals surface area contributed by atoms with Gasteiger partial charge < -0.3 is 14.5 Å². The summed E-state index contributed by atoms with van der Waals surface area (Å²) in [6, 6.07) is 7.62. The van der Waals surface area contributed by atoms with E-state index in [-0.39, 0.29) is 11.8 Å². The molecule has 1 saturated carbocycles. The lowest BCUT2D eigenvalue weighted by Gasteiger charge is -2.40. The second-order valence-corrected chi connectivity index (χ2v) is 8.19. The molecule has 1 aromatic rings. The number of hydrogen-bond donors (Lipinski definition) is 0. The molecule has 2 heterocycles. The predicted molar refractivity (Wildman–Crippen MR) is 98.7 cm³/mol. The van der Waals surface area contributed by atoms with E-state index in [9.17, 15) is 9.59 Å². The van der Waals surface area contributed by atoms with E-state index in [4.69, 9.17) is 16.3 Å². The van der Waals surface area contributed by atoms with E-state index < -0.39 is 5.60 Å². The van der Waals surface area contributed by atoms with E-state index in [1.807, 2.05) is 34.1 Å². The number of benzene rings is 1. The zero-order valence-corrected chi connectivity index (χ0v) is 15.7. The first-order valence-corrected chi connectivity index (χ1v) is 9.87. The zero-order chi connectivity index (χ0) is 18.1. The van der Waals surface area contributed by atoms with Gasteiger partial charge in [-0.25, -0.2) is 0 Å². The fraction of sp³-hybridized carbons (Fsp3) is 0.600. The van der Waals surface area contributed by atoms with Gasteiger partial charge in [0.2, 0.25) is 11.8 Å². The molecule has 0 N–H and O–H groups in total. The van der Waals surface area contributed by atoms with Crippen LogP contribution in [-0.4, -0.2) is 53.5 Å². The highest BCUT2D eigenvalue weighted by atomic mass is 35.5. The van der Waals surface area contributed by atoms with E-state index >= 15 is 0 Å². The summed E-state index contributed by atoms with van der Waals surface area (Å²) in [6.07, 6.45) is 3.99. The first-order chi connectivity index (χ1) is 12.5. The molecule has 3 fully saturated rings. The summed E-state index contributed by atoms with van der Waals surface area (Å²) < 4.78 is 6.17. The Morgan fingerprint density at radius 2 is 1.85 bits per heavy atom. The average molecular weight is 377 g/mol. The molecule has 5 nitrogen and oxygen atoms in total. The van der Waals surface area contributed by atoms with Gasteiger partial charge in [0.05, 0.1) is 18.6 Å². The van der Waals surface area contributed by atoms with Gasteiger partial charge in [0.1, 0.15) is 0 Å². The standard InChI is InChI=1S/C20H25ClN2O3/c21-17-5-1-15(2-6-17)14-23-11-12-26-20(13-18(23)24)7-9-22(10-8-20)19(25)16-3-4-16/h1-2,5-6,16H,3-4,7-14H2. The first-order valence-electron chi connectivity index (χ1n) is 9.50. The van der Waals surface area contributed by atoms with Gasteiger partial charge in [-0.3, -0.25) is 9.59 Å². The van der Waals surface area contributed by atoms with Crippen molar-refractivity contribution in [2.75, 3.05) is 26.2 Å². The Morgan fingerprint density at radius 3 is 2.50 bits per heavy atom. The number of ether oxygens (including phenoxy) is 1. The highest BCUT2D eigenvalue weighted by Crippen LogP contribution is 2.36. The smallest absolute Gasteiger partial charge is 0.225 e. The van der Waals surface area contributed by atoms with Gasteiger partial charge in [0, 0.05) is 37.1 Å². The minimum Gasteiger partial charge on any atom is -0.372 e. The molecule has 4 rings (SSSR count). The molecular weight excluding hydrogens is 352 g/mol. The molecule has 2 aliphatic heterocycles. The fourth-order valence-electron chi connectivity index (χ4n) is 3.96. The Hall–Kier alpha value is -1.59. The van der Waals surface area contributed by atoms with Crippen molar-refractivity contribution in [2.24, 2.45) is 5.92 Å². The second-order valence-electron chi connectivity index (χ2n) is 7.75. The van der Waals surface area contributed by atoms with Crippen molar-refractivity contribution in [3.05, 3.63) is 34.9 Å². The monoisotopic (exact) mass is 376 g/mol. The summed E-state index contributed by atoms with van der Waals surface area (Å²) in [7, 11) is 0. The van der Waals surface area contributed by atoms with Crippen molar-refractivity contribution < 1.29 is 14.3 Å². The van der Waals surface area contributed by atoms with Crippen molar-refractivity contribution in [3.8, 4) is 0 Å². The number of likely N-dealkylation sites (tertiary alicyclic amines) is 1. The molecule has 0 bridgehead atoms. The molecule has 6 heteroatoms. The molecule has 1 spiro atoms. The molecule has 1 aromatic carbocycles. The molecule has 0 unspecified atom stereocenters. The maximum Gasteiger partial charge on any atom is 0.225 e. The zero-order valence-electron chi connectivity index (χ0n) is 15.0. The number of piperidine rings is 1. The normalized spacial score (nSPS) is 23.2. The lowest BCUT2D eigenvalue weighted by atomic mass is 9.87. The number of carbonyl (C=O) groups is 2. The molecule has 2 saturated heterocycles. The largest absolute Gasteiger partial charge is 0.372 e. The van der Waals surface area contributed by atoms with Crippen LogP contribution in [0.1, 0.15) is 37.7 Å². The molecule has 2 amide bonds. The molecule has 0 radical (unpaired) electrons. The summed E-state index contributed by atoms with van der Waals surface area (Å²) in [5, 5.41) is 0.700. The highest BCUT2D eigenvalue weighted by molar-refractivity contribution is 6.30. The van der Waals surface area contributed by atoms with E-state index in [0.717, 1.165) is 31.2 Å². The number of hydrogen-bond acceptors (Lipinski definition) is 3. The Bertz CT molecular complexity index is 679. The van der Waals surface area contributed by atoms with Gasteiger partial charge in [0.25, 0.3) is 0 Å². The molecule has 1 aliphatic carbocycles. The molecule has 0 aromatic heterocycles. The molecule has 0 atom stereocenters. The number of nitrogens with zero attached hydrogens (tertiary/aromatic N) is 2. The van der Waals surface area contributed by atoms with Crippen molar-refractivity contribution in [1.29, 1.82) is 0 Å². The first kappa shape index (κ1) is 17.8. The van der Waals surface area contributed by atoms with Crippen LogP contribution in [0.4, 0.5) is 0 Å². The van der Waals surface area contributed by atoms with Gasteiger partial charge in [0.15, 0.2) is 0 Å².